The van der Waals surface area contributed by atoms with Crippen molar-refractivity contribution in [1.29, 1.82) is 0 Å². The minimum absolute atomic E-state index is 0.0939. The number of methoxy groups -OCH3 is 2. The van der Waals surface area contributed by atoms with Gasteiger partial charge < -0.3 is 9.47 Å². The summed E-state index contributed by atoms with van der Waals surface area (Å²) < 4.78 is 10.5. The second kappa shape index (κ2) is 6.71. The number of amides is 1. The Morgan fingerprint density at radius 3 is 2.74 bits per heavy atom. The SMILES string of the molecule is CCc1nc(N2Cc3cc(-c4cnc(OC)c(OC)c4)ccc3C2=O)n[nH]1. The first kappa shape index (κ1) is 17.0. The number of carbonyl (C=O) groups is 1. The number of aromatic amines is 1. The summed E-state index contributed by atoms with van der Waals surface area (Å²) in [6.45, 7) is 2.41. The molecule has 1 N–H and O–H groups in total. The molecule has 0 unspecified atom stereocenters. The summed E-state index contributed by atoms with van der Waals surface area (Å²) in [6, 6.07) is 7.59. The van der Waals surface area contributed by atoms with Gasteiger partial charge in [0, 0.05) is 23.7 Å². The molecule has 0 fully saturated rings. The van der Waals surface area contributed by atoms with Crippen molar-refractivity contribution in [1.82, 2.24) is 20.2 Å². The number of carbonyl (C=O) groups excluding carboxylic acids is 1. The summed E-state index contributed by atoms with van der Waals surface area (Å²) >= 11 is 0. The van der Waals surface area contributed by atoms with E-state index in [2.05, 4.69) is 20.2 Å². The Kier molecular flexibility index (Phi) is 4.23. The molecular formula is C19H19N5O3. The third-order valence-electron chi connectivity index (χ3n) is 4.57. The highest BCUT2D eigenvalue weighted by molar-refractivity contribution is 6.09. The molecule has 0 radical (unpaired) electrons. The monoisotopic (exact) mass is 365 g/mol. The van der Waals surface area contributed by atoms with Crippen LogP contribution in [0, 0.1) is 0 Å². The molecule has 0 aliphatic carbocycles. The molecule has 1 aliphatic heterocycles. The average Bonchev–Trinajstić information content (AvgIpc) is 3.31. The summed E-state index contributed by atoms with van der Waals surface area (Å²) in [6.07, 6.45) is 2.46. The zero-order valence-corrected chi connectivity index (χ0v) is 15.3. The van der Waals surface area contributed by atoms with E-state index in [-0.39, 0.29) is 5.91 Å². The lowest BCUT2D eigenvalue weighted by molar-refractivity contribution is 0.0995. The van der Waals surface area contributed by atoms with Crippen molar-refractivity contribution in [2.45, 2.75) is 19.9 Å². The number of anilines is 1. The van der Waals surface area contributed by atoms with E-state index in [0.29, 0.717) is 29.7 Å². The maximum atomic E-state index is 12.7. The predicted molar refractivity (Wildman–Crippen MR) is 99.1 cm³/mol. The second-order valence-corrected chi connectivity index (χ2v) is 6.13. The third-order valence-corrected chi connectivity index (χ3v) is 4.57. The molecule has 0 atom stereocenters. The summed E-state index contributed by atoms with van der Waals surface area (Å²) in [7, 11) is 3.12. The third kappa shape index (κ3) is 2.88. The highest BCUT2D eigenvalue weighted by Gasteiger charge is 2.31. The van der Waals surface area contributed by atoms with Crippen molar-refractivity contribution >= 4 is 11.9 Å². The van der Waals surface area contributed by atoms with Crippen LogP contribution < -0.4 is 14.4 Å². The Balaban J connectivity index is 1.66. The first-order valence-electron chi connectivity index (χ1n) is 8.59. The Hall–Kier alpha value is -3.42. The van der Waals surface area contributed by atoms with Gasteiger partial charge in [-0.3, -0.25) is 14.8 Å². The van der Waals surface area contributed by atoms with Crippen LogP contribution in [0.4, 0.5) is 5.95 Å². The van der Waals surface area contributed by atoms with E-state index in [9.17, 15) is 4.79 Å². The van der Waals surface area contributed by atoms with Crippen LogP contribution in [-0.4, -0.2) is 40.3 Å². The highest BCUT2D eigenvalue weighted by atomic mass is 16.5. The maximum absolute atomic E-state index is 12.7. The summed E-state index contributed by atoms with van der Waals surface area (Å²) in [5.74, 6) is 2.05. The second-order valence-electron chi connectivity index (χ2n) is 6.13. The minimum atomic E-state index is -0.0939. The van der Waals surface area contributed by atoms with Gasteiger partial charge in [-0.1, -0.05) is 13.0 Å². The van der Waals surface area contributed by atoms with Crippen molar-refractivity contribution in [3.05, 3.63) is 47.4 Å². The van der Waals surface area contributed by atoms with Gasteiger partial charge in [0.2, 0.25) is 0 Å². The Bertz CT molecular complexity index is 1010. The Labute approximate surface area is 156 Å². The average molecular weight is 365 g/mol. The minimum Gasteiger partial charge on any atom is -0.491 e. The van der Waals surface area contributed by atoms with Gasteiger partial charge in [-0.15, -0.1) is 5.10 Å². The number of pyridine rings is 1. The van der Waals surface area contributed by atoms with E-state index in [0.717, 1.165) is 28.9 Å². The molecule has 0 spiro atoms. The fourth-order valence-corrected chi connectivity index (χ4v) is 3.12. The lowest BCUT2D eigenvalue weighted by Crippen LogP contribution is -2.24. The maximum Gasteiger partial charge on any atom is 0.261 e. The van der Waals surface area contributed by atoms with Crippen molar-refractivity contribution in [2.24, 2.45) is 0 Å². The normalized spacial score (nSPS) is 13.0. The van der Waals surface area contributed by atoms with Gasteiger partial charge >= 0.3 is 0 Å². The molecule has 2 aromatic heterocycles. The molecule has 27 heavy (non-hydrogen) atoms. The van der Waals surface area contributed by atoms with E-state index < -0.39 is 0 Å². The molecular weight excluding hydrogens is 346 g/mol. The molecule has 1 aromatic carbocycles. The van der Waals surface area contributed by atoms with Crippen molar-refractivity contribution in [3.8, 4) is 22.8 Å². The van der Waals surface area contributed by atoms with Gasteiger partial charge in [-0.05, 0) is 29.3 Å². The number of benzene rings is 1. The van der Waals surface area contributed by atoms with Gasteiger partial charge in [-0.25, -0.2) is 4.98 Å². The van der Waals surface area contributed by atoms with Crippen molar-refractivity contribution < 1.29 is 14.3 Å². The summed E-state index contributed by atoms with van der Waals surface area (Å²) in [5, 5.41) is 7.00. The first-order valence-corrected chi connectivity index (χ1v) is 8.59. The molecule has 3 aromatic rings. The molecule has 1 aliphatic rings. The first-order chi connectivity index (χ1) is 13.1. The number of nitrogens with one attached hydrogen (secondary N) is 1. The molecule has 8 heteroatoms. The number of fused-ring (bicyclic) bond motifs is 1. The molecule has 1 amide bonds. The van der Waals surface area contributed by atoms with Crippen LogP contribution in [0.1, 0.15) is 28.7 Å². The van der Waals surface area contributed by atoms with E-state index in [1.165, 1.54) is 0 Å². The zero-order valence-electron chi connectivity index (χ0n) is 15.3. The molecule has 0 saturated heterocycles. The fourth-order valence-electron chi connectivity index (χ4n) is 3.12. The standard InChI is InChI=1S/C19H19N5O3/c1-4-16-21-19(23-22-16)24-10-13-7-11(5-6-14(13)18(24)25)12-8-15(26-2)17(27-3)20-9-12/h5-9H,4,10H2,1-3H3,(H,21,22,23). The van der Waals surface area contributed by atoms with E-state index >= 15 is 0 Å². The molecule has 3 heterocycles. The molecule has 138 valence electrons. The molecule has 8 nitrogen and oxygen atoms in total. The number of ether oxygens (including phenoxy) is 2. The van der Waals surface area contributed by atoms with Crippen LogP contribution >= 0.6 is 0 Å². The molecule has 0 saturated carbocycles. The molecule has 0 bridgehead atoms. The quantitative estimate of drug-likeness (QED) is 0.747. The van der Waals surface area contributed by atoms with Gasteiger partial charge in [0.05, 0.1) is 20.8 Å². The van der Waals surface area contributed by atoms with E-state index in [1.54, 1.807) is 25.3 Å². The highest BCUT2D eigenvalue weighted by Crippen LogP contribution is 2.33. The number of aryl methyl sites for hydroxylation is 1. The number of hydrogen-bond donors (Lipinski definition) is 1. The lowest BCUT2D eigenvalue weighted by Gasteiger charge is -2.09. The number of hydrogen-bond acceptors (Lipinski definition) is 6. The van der Waals surface area contributed by atoms with Gasteiger partial charge in [-0.2, -0.15) is 4.98 Å². The summed E-state index contributed by atoms with van der Waals surface area (Å²) in [4.78, 5) is 22.9. The van der Waals surface area contributed by atoms with Crippen LogP contribution in [0.3, 0.4) is 0 Å². The van der Waals surface area contributed by atoms with Gasteiger partial charge in [0.15, 0.2) is 5.75 Å². The predicted octanol–water partition coefficient (Wildman–Crippen LogP) is 2.61. The number of nitrogens with zero attached hydrogens (tertiary/aromatic N) is 4. The van der Waals surface area contributed by atoms with Crippen LogP contribution in [-0.2, 0) is 13.0 Å². The number of aromatic nitrogens is 4. The van der Waals surface area contributed by atoms with E-state index in [1.807, 2.05) is 31.2 Å². The number of rotatable bonds is 5. The Morgan fingerprint density at radius 2 is 2.04 bits per heavy atom. The smallest absolute Gasteiger partial charge is 0.261 e. The largest absolute Gasteiger partial charge is 0.491 e. The van der Waals surface area contributed by atoms with Crippen LogP contribution in [0.15, 0.2) is 30.5 Å². The van der Waals surface area contributed by atoms with Crippen LogP contribution in [0.2, 0.25) is 0 Å². The summed E-state index contributed by atoms with van der Waals surface area (Å²) in [5.41, 5.74) is 3.42. The van der Waals surface area contributed by atoms with Crippen molar-refractivity contribution in [3.63, 3.8) is 0 Å². The lowest BCUT2D eigenvalue weighted by atomic mass is 10.0. The van der Waals surface area contributed by atoms with Gasteiger partial charge in [0.25, 0.3) is 17.7 Å². The topological polar surface area (TPSA) is 93.2 Å². The van der Waals surface area contributed by atoms with Crippen LogP contribution in [0.5, 0.6) is 11.6 Å². The van der Waals surface area contributed by atoms with Gasteiger partial charge in [0.1, 0.15) is 5.82 Å². The number of H-pyrrole nitrogens is 1. The van der Waals surface area contributed by atoms with Crippen LogP contribution in [0.25, 0.3) is 11.1 Å². The molecule has 4 rings (SSSR count). The Morgan fingerprint density at radius 1 is 1.19 bits per heavy atom. The fraction of sp³-hybridized carbons (Fsp3) is 0.263. The zero-order chi connectivity index (χ0) is 19.0. The van der Waals surface area contributed by atoms with E-state index in [4.69, 9.17) is 9.47 Å². The van der Waals surface area contributed by atoms with Crippen molar-refractivity contribution in [2.75, 3.05) is 19.1 Å².